The molecule has 0 unspecified atom stereocenters. The molecule has 0 N–H and O–H groups in total. The van der Waals surface area contributed by atoms with Crippen LogP contribution in [0.3, 0.4) is 0 Å². The van der Waals surface area contributed by atoms with Crippen LogP contribution in [0.5, 0.6) is 0 Å². The molecular formula is C17H30N2O3Si. The molecule has 2 amide bonds. The van der Waals surface area contributed by atoms with E-state index in [9.17, 15) is 4.79 Å². The van der Waals surface area contributed by atoms with Crippen LogP contribution in [-0.4, -0.2) is 56.2 Å². The summed E-state index contributed by atoms with van der Waals surface area (Å²) in [6.07, 6.45) is 3.78. The maximum absolute atomic E-state index is 12.6. The molecule has 0 aromatic rings. The predicted octanol–water partition coefficient (Wildman–Crippen LogP) is 3.56. The van der Waals surface area contributed by atoms with Crippen molar-refractivity contribution in [3.8, 4) is 0 Å². The van der Waals surface area contributed by atoms with Crippen LogP contribution in [0.1, 0.15) is 27.7 Å². The van der Waals surface area contributed by atoms with E-state index >= 15 is 0 Å². The van der Waals surface area contributed by atoms with Gasteiger partial charge in [0.1, 0.15) is 0 Å². The van der Waals surface area contributed by atoms with Gasteiger partial charge in [-0.15, -0.1) is 6.58 Å². The van der Waals surface area contributed by atoms with Crippen molar-refractivity contribution in [3.05, 3.63) is 24.3 Å². The van der Waals surface area contributed by atoms with Gasteiger partial charge in [-0.05, 0) is 25.1 Å². The summed E-state index contributed by atoms with van der Waals surface area (Å²) in [5, 5.41) is 1.63. The molecular weight excluding hydrogens is 308 g/mol. The number of urea groups is 1. The van der Waals surface area contributed by atoms with Crippen molar-refractivity contribution in [2.24, 2.45) is 0 Å². The molecule has 0 aliphatic carbocycles. The third-order valence-electron chi connectivity index (χ3n) is 5.22. The molecule has 2 rings (SSSR count). The average molecular weight is 339 g/mol. The summed E-state index contributed by atoms with van der Waals surface area (Å²) in [7, 11) is -1.83. The molecule has 130 valence electrons. The summed E-state index contributed by atoms with van der Waals surface area (Å²) in [4.78, 5) is 20.0. The molecule has 2 aliphatic heterocycles. The first kappa shape index (κ1) is 18.2. The highest BCUT2D eigenvalue weighted by Gasteiger charge is 2.46. The first-order valence-corrected chi connectivity index (χ1v) is 11.1. The highest BCUT2D eigenvalue weighted by molar-refractivity contribution is 6.74. The molecule has 1 fully saturated rings. The fourth-order valence-electron chi connectivity index (χ4n) is 2.67. The summed E-state index contributed by atoms with van der Waals surface area (Å²) in [6.45, 7) is 18.4. The second-order valence-electron chi connectivity index (χ2n) is 7.91. The topological polar surface area (TPSA) is 42.0 Å². The number of carbonyl (C=O) groups is 1. The molecule has 2 atom stereocenters. The molecule has 0 aromatic carbocycles. The zero-order valence-corrected chi connectivity index (χ0v) is 16.3. The predicted molar refractivity (Wildman–Crippen MR) is 94.6 cm³/mol. The fourth-order valence-corrected chi connectivity index (χ4v) is 3.68. The fraction of sp³-hybridized carbons (Fsp3) is 0.706. The molecule has 23 heavy (non-hydrogen) atoms. The number of fused-ring (bicyclic) bond motifs is 2. The maximum Gasteiger partial charge on any atom is 0.345 e. The van der Waals surface area contributed by atoms with Crippen LogP contribution in [0.25, 0.3) is 0 Å². The van der Waals surface area contributed by atoms with Gasteiger partial charge in [0.2, 0.25) is 0 Å². The Labute approximate surface area is 141 Å². The zero-order valence-electron chi connectivity index (χ0n) is 15.3. The molecule has 0 spiro atoms. The van der Waals surface area contributed by atoms with Crippen molar-refractivity contribution >= 4 is 14.3 Å². The normalized spacial score (nSPS) is 25.0. The van der Waals surface area contributed by atoms with E-state index in [0.29, 0.717) is 19.8 Å². The molecule has 0 aromatic heterocycles. The largest absolute Gasteiger partial charge is 0.414 e. The number of amides is 2. The van der Waals surface area contributed by atoms with Crippen LogP contribution in [0, 0.1) is 0 Å². The van der Waals surface area contributed by atoms with E-state index in [2.05, 4.69) is 53.4 Å². The summed E-state index contributed by atoms with van der Waals surface area (Å²) in [6, 6.07) is -0.0782. The molecule has 1 saturated heterocycles. The van der Waals surface area contributed by atoms with Gasteiger partial charge in [0, 0.05) is 6.54 Å². The zero-order chi connectivity index (χ0) is 17.4. The van der Waals surface area contributed by atoms with Crippen molar-refractivity contribution in [3.63, 3.8) is 0 Å². The third kappa shape index (κ3) is 3.54. The lowest BCUT2D eigenvalue weighted by atomic mass is 10.0. The maximum atomic E-state index is 12.6. The molecule has 2 bridgehead atoms. The Bertz CT molecular complexity index is 510. The van der Waals surface area contributed by atoms with E-state index in [1.165, 1.54) is 10.6 Å². The Hall–Kier alpha value is -1.11. The van der Waals surface area contributed by atoms with Crippen LogP contribution in [0.4, 0.5) is 4.79 Å². The summed E-state index contributed by atoms with van der Waals surface area (Å²) in [5.74, 6) is 0. The Balaban J connectivity index is 2.08. The molecule has 2 heterocycles. The van der Waals surface area contributed by atoms with Crippen molar-refractivity contribution in [2.75, 3.05) is 19.8 Å². The van der Waals surface area contributed by atoms with E-state index in [1.807, 2.05) is 4.90 Å². The van der Waals surface area contributed by atoms with E-state index in [-0.39, 0.29) is 23.2 Å². The third-order valence-corrected chi connectivity index (χ3v) is 9.72. The van der Waals surface area contributed by atoms with Gasteiger partial charge in [-0.1, -0.05) is 38.5 Å². The quantitative estimate of drug-likeness (QED) is 0.549. The molecule has 0 radical (unpaired) electrons. The van der Waals surface area contributed by atoms with Gasteiger partial charge in [0.25, 0.3) is 0 Å². The Morgan fingerprint density at radius 3 is 2.65 bits per heavy atom. The highest BCUT2D eigenvalue weighted by atomic mass is 28.4. The lowest BCUT2D eigenvalue weighted by Crippen LogP contribution is -2.48. The van der Waals surface area contributed by atoms with E-state index in [4.69, 9.17) is 9.26 Å². The summed E-state index contributed by atoms with van der Waals surface area (Å²) in [5.41, 5.74) is 1.18. The minimum atomic E-state index is -1.83. The van der Waals surface area contributed by atoms with Crippen molar-refractivity contribution < 1.29 is 14.1 Å². The number of rotatable bonds is 6. The van der Waals surface area contributed by atoms with Gasteiger partial charge in [-0.2, -0.15) is 5.06 Å². The standard InChI is InChI=1S/C17H30N2O3Si/c1-8-9-21-19-14-10-13(2)15(18(11-14)16(19)20)12-22-23(6,7)17(3,4)5/h8,10,14-15H,1,9,11-12H2,2-7H3/t14-,15-/m1/s1. The van der Waals surface area contributed by atoms with Crippen molar-refractivity contribution in [1.29, 1.82) is 0 Å². The Kier molecular flexibility index (Phi) is 5.08. The van der Waals surface area contributed by atoms with Gasteiger partial charge in [-0.25, -0.2) is 4.79 Å². The van der Waals surface area contributed by atoms with E-state index in [0.717, 1.165) is 0 Å². The van der Waals surface area contributed by atoms with Crippen LogP contribution < -0.4 is 0 Å². The minimum absolute atomic E-state index is 0.00482. The molecule has 0 saturated carbocycles. The highest BCUT2D eigenvalue weighted by Crippen LogP contribution is 2.37. The number of hydrogen-bond donors (Lipinski definition) is 0. The lowest BCUT2D eigenvalue weighted by Gasteiger charge is -2.39. The van der Waals surface area contributed by atoms with Crippen LogP contribution >= 0.6 is 0 Å². The summed E-state index contributed by atoms with van der Waals surface area (Å²) < 4.78 is 6.35. The van der Waals surface area contributed by atoms with Crippen molar-refractivity contribution in [1.82, 2.24) is 9.96 Å². The van der Waals surface area contributed by atoms with Crippen LogP contribution in [-0.2, 0) is 9.26 Å². The van der Waals surface area contributed by atoms with Gasteiger partial charge in [-0.3, -0.25) is 4.84 Å². The van der Waals surface area contributed by atoms with Gasteiger partial charge in [0.05, 0.1) is 25.3 Å². The SMILES string of the molecule is C=CCON1C(=O)N2C[C@H]1C=C(C)[C@H]2CO[Si](C)(C)C(C)(C)C. The van der Waals surface area contributed by atoms with Gasteiger partial charge >= 0.3 is 6.03 Å². The van der Waals surface area contributed by atoms with E-state index in [1.54, 1.807) is 6.08 Å². The smallest absolute Gasteiger partial charge is 0.345 e. The molecule has 6 heteroatoms. The molecule has 5 nitrogen and oxygen atoms in total. The van der Waals surface area contributed by atoms with Crippen LogP contribution in [0.15, 0.2) is 24.3 Å². The number of hydroxylamine groups is 2. The first-order valence-electron chi connectivity index (χ1n) is 8.24. The Morgan fingerprint density at radius 1 is 1.43 bits per heavy atom. The van der Waals surface area contributed by atoms with Crippen molar-refractivity contribution in [2.45, 2.75) is 57.9 Å². The second kappa shape index (κ2) is 6.41. The average Bonchev–Trinajstić information content (AvgIpc) is 2.68. The van der Waals surface area contributed by atoms with Gasteiger partial charge in [0.15, 0.2) is 8.32 Å². The number of hydrogen-bond acceptors (Lipinski definition) is 3. The Morgan fingerprint density at radius 2 is 2.09 bits per heavy atom. The second-order valence-corrected chi connectivity index (χ2v) is 12.7. The minimum Gasteiger partial charge on any atom is -0.414 e. The first-order chi connectivity index (χ1) is 10.6. The molecule has 2 aliphatic rings. The van der Waals surface area contributed by atoms with E-state index < -0.39 is 8.32 Å². The van der Waals surface area contributed by atoms with Crippen LogP contribution in [0.2, 0.25) is 18.1 Å². The van der Waals surface area contributed by atoms with Gasteiger partial charge < -0.3 is 9.33 Å². The summed E-state index contributed by atoms with van der Waals surface area (Å²) >= 11 is 0. The number of nitrogens with zero attached hydrogens (tertiary/aromatic N) is 2. The number of carbonyl (C=O) groups excluding carboxylic acids is 1. The monoisotopic (exact) mass is 338 g/mol. The lowest BCUT2D eigenvalue weighted by molar-refractivity contribution is -0.107.